The molecule has 2 aromatic rings. The molecule has 2 aromatic carbocycles. The molecule has 0 fully saturated rings. The summed E-state index contributed by atoms with van der Waals surface area (Å²) in [7, 11) is 0. The van der Waals surface area contributed by atoms with Crippen LogP contribution in [0.1, 0.15) is 23.6 Å². The Hall–Kier alpha value is -2.29. The third-order valence-corrected chi connectivity index (χ3v) is 3.56. The van der Waals surface area contributed by atoms with Crippen LogP contribution in [-0.2, 0) is 17.8 Å². The van der Waals surface area contributed by atoms with Gasteiger partial charge in [0, 0.05) is 18.8 Å². The number of aryl methyl sites for hydroxylation is 1. The van der Waals surface area contributed by atoms with E-state index in [2.05, 4.69) is 0 Å². The van der Waals surface area contributed by atoms with E-state index in [1.54, 1.807) is 0 Å². The summed E-state index contributed by atoms with van der Waals surface area (Å²) in [5.74, 6) is 0.151. The third-order valence-electron chi connectivity index (χ3n) is 3.56. The highest BCUT2D eigenvalue weighted by molar-refractivity contribution is 5.78. The van der Waals surface area contributed by atoms with Gasteiger partial charge < -0.3 is 10.6 Å². The van der Waals surface area contributed by atoms with Gasteiger partial charge in [0.1, 0.15) is 0 Å². The Balaban J connectivity index is 2.01. The summed E-state index contributed by atoms with van der Waals surface area (Å²) in [6.07, 6.45) is 0.448. The molecule has 0 bridgehead atoms. The van der Waals surface area contributed by atoms with Crippen molar-refractivity contribution in [3.63, 3.8) is 0 Å². The Bertz CT molecular complexity index is 588. The molecule has 0 radical (unpaired) electrons. The topological polar surface area (TPSA) is 46.3 Å². The quantitative estimate of drug-likeness (QED) is 0.856. The maximum Gasteiger partial charge on any atom is 0.227 e. The van der Waals surface area contributed by atoms with E-state index in [0.29, 0.717) is 19.5 Å². The van der Waals surface area contributed by atoms with Crippen LogP contribution in [-0.4, -0.2) is 17.4 Å². The molecule has 21 heavy (non-hydrogen) atoms. The molecular weight excluding hydrogens is 260 g/mol. The van der Waals surface area contributed by atoms with Gasteiger partial charge in [-0.25, -0.2) is 0 Å². The lowest BCUT2D eigenvalue weighted by molar-refractivity contribution is -0.130. The molecule has 3 nitrogen and oxygen atoms in total. The molecule has 0 spiro atoms. The Morgan fingerprint density at radius 3 is 2.14 bits per heavy atom. The van der Waals surface area contributed by atoms with Crippen molar-refractivity contribution >= 4 is 11.6 Å². The normalized spacial score (nSPS) is 10.4. The van der Waals surface area contributed by atoms with Gasteiger partial charge >= 0.3 is 0 Å². The first-order valence-electron chi connectivity index (χ1n) is 7.26. The molecule has 2 rings (SSSR count). The van der Waals surface area contributed by atoms with Crippen molar-refractivity contribution in [1.82, 2.24) is 4.90 Å². The summed E-state index contributed by atoms with van der Waals surface area (Å²) < 4.78 is 0. The monoisotopic (exact) mass is 282 g/mol. The lowest BCUT2D eigenvalue weighted by Crippen LogP contribution is -2.31. The fourth-order valence-corrected chi connectivity index (χ4v) is 2.21. The van der Waals surface area contributed by atoms with E-state index in [1.807, 2.05) is 67.3 Å². The van der Waals surface area contributed by atoms with E-state index in [0.717, 1.165) is 16.8 Å². The fourth-order valence-electron chi connectivity index (χ4n) is 2.21. The molecule has 1 amide bonds. The fraction of sp³-hybridized carbons (Fsp3) is 0.278. The van der Waals surface area contributed by atoms with Gasteiger partial charge in [0.05, 0.1) is 6.42 Å². The van der Waals surface area contributed by atoms with Gasteiger partial charge in [0.15, 0.2) is 0 Å². The molecule has 2 N–H and O–H groups in total. The van der Waals surface area contributed by atoms with Gasteiger partial charge in [0.2, 0.25) is 5.91 Å². The zero-order chi connectivity index (χ0) is 15.2. The van der Waals surface area contributed by atoms with Crippen molar-refractivity contribution in [2.24, 2.45) is 0 Å². The van der Waals surface area contributed by atoms with Crippen molar-refractivity contribution in [3.8, 4) is 0 Å². The maximum atomic E-state index is 12.4. The smallest absolute Gasteiger partial charge is 0.227 e. The van der Waals surface area contributed by atoms with Crippen LogP contribution < -0.4 is 5.73 Å². The van der Waals surface area contributed by atoms with Crippen molar-refractivity contribution in [2.75, 3.05) is 12.3 Å². The number of benzene rings is 2. The lowest BCUT2D eigenvalue weighted by Gasteiger charge is -2.21. The van der Waals surface area contributed by atoms with Crippen LogP contribution in [0.4, 0.5) is 5.69 Å². The summed E-state index contributed by atoms with van der Waals surface area (Å²) in [4.78, 5) is 14.3. The van der Waals surface area contributed by atoms with Crippen molar-refractivity contribution in [1.29, 1.82) is 0 Å². The van der Waals surface area contributed by atoms with E-state index in [1.165, 1.54) is 5.56 Å². The number of rotatable bonds is 5. The van der Waals surface area contributed by atoms with Crippen LogP contribution in [0.3, 0.4) is 0 Å². The van der Waals surface area contributed by atoms with Crippen LogP contribution in [0.2, 0.25) is 0 Å². The van der Waals surface area contributed by atoms with Crippen LogP contribution in [0.15, 0.2) is 48.5 Å². The number of likely N-dealkylation sites (N-methyl/N-ethyl adjacent to an activating group) is 1. The van der Waals surface area contributed by atoms with E-state index in [4.69, 9.17) is 5.73 Å². The van der Waals surface area contributed by atoms with Gasteiger partial charge in [-0.3, -0.25) is 4.79 Å². The van der Waals surface area contributed by atoms with Gasteiger partial charge in [-0.1, -0.05) is 42.0 Å². The molecule has 3 heteroatoms. The first-order chi connectivity index (χ1) is 10.1. The summed E-state index contributed by atoms with van der Waals surface area (Å²) in [6.45, 7) is 5.38. The van der Waals surface area contributed by atoms with Crippen LogP contribution >= 0.6 is 0 Å². The van der Waals surface area contributed by atoms with Gasteiger partial charge in [-0.05, 0) is 37.1 Å². The largest absolute Gasteiger partial charge is 0.399 e. The number of nitrogens with zero attached hydrogens (tertiary/aromatic N) is 1. The van der Waals surface area contributed by atoms with Crippen LogP contribution in [0.5, 0.6) is 0 Å². The number of hydrogen-bond donors (Lipinski definition) is 1. The molecular formula is C18H22N2O. The van der Waals surface area contributed by atoms with E-state index >= 15 is 0 Å². The molecule has 0 heterocycles. The molecule has 0 saturated heterocycles. The Labute approximate surface area is 126 Å². The van der Waals surface area contributed by atoms with Gasteiger partial charge in [-0.2, -0.15) is 0 Å². The highest BCUT2D eigenvalue weighted by Crippen LogP contribution is 2.11. The summed E-state index contributed by atoms with van der Waals surface area (Å²) in [6, 6.07) is 15.8. The van der Waals surface area contributed by atoms with Crippen molar-refractivity contribution in [2.45, 2.75) is 26.8 Å². The predicted molar refractivity (Wildman–Crippen MR) is 86.8 cm³/mol. The van der Waals surface area contributed by atoms with E-state index < -0.39 is 0 Å². The Kier molecular flexibility index (Phi) is 4.99. The minimum absolute atomic E-state index is 0.151. The molecule has 0 unspecified atom stereocenters. The second-order valence-electron chi connectivity index (χ2n) is 5.31. The number of carbonyl (C=O) groups is 1. The summed E-state index contributed by atoms with van der Waals surface area (Å²) in [5, 5.41) is 0. The van der Waals surface area contributed by atoms with Gasteiger partial charge in [-0.15, -0.1) is 0 Å². The standard InChI is InChI=1S/C18H22N2O/c1-3-20(13-16-8-10-17(19)11-9-16)18(21)12-15-6-4-14(2)5-7-15/h4-11H,3,12-13,19H2,1-2H3. The molecule has 0 saturated carbocycles. The van der Waals surface area contributed by atoms with Gasteiger partial charge in [0.25, 0.3) is 0 Å². The average molecular weight is 282 g/mol. The lowest BCUT2D eigenvalue weighted by atomic mass is 10.1. The molecule has 0 aromatic heterocycles. The minimum atomic E-state index is 0.151. The molecule has 110 valence electrons. The van der Waals surface area contributed by atoms with E-state index in [-0.39, 0.29) is 5.91 Å². The highest BCUT2D eigenvalue weighted by Gasteiger charge is 2.12. The predicted octanol–water partition coefficient (Wildman–Crippen LogP) is 3.17. The molecule has 0 aliphatic rings. The zero-order valence-electron chi connectivity index (χ0n) is 12.7. The summed E-state index contributed by atoms with van der Waals surface area (Å²) >= 11 is 0. The number of carbonyl (C=O) groups excluding carboxylic acids is 1. The first-order valence-corrected chi connectivity index (χ1v) is 7.26. The van der Waals surface area contributed by atoms with Crippen LogP contribution in [0.25, 0.3) is 0 Å². The number of amides is 1. The third kappa shape index (κ3) is 4.35. The second-order valence-corrected chi connectivity index (χ2v) is 5.31. The number of nitrogen functional groups attached to an aromatic ring is 1. The highest BCUT2D eigenvalue weighted by atomic mass is 16.2. The number of nitrogens with two attached hydrogens (primary N) is 1. The first kappa shape index (κ1) is 15.1. The van der Waals surface area contributed by atoms with Crippen molar-refractivity contribution in [3.05, 3.63) is 65.2 Å². The Morgan fingerprint density at radius 2 is 1.57 bits per heavy atom. The average Bonchev–Trinajstić information content (AvgIpc) is 2.49. The SMILES string of the molecule is CCN(Cc1ccc(N)cc1)C(=O)Cc1ccc(C)cc1. The Morgan fingerprint density at radius 1 is 1.00 bits per heavy atom. The molecule has 0 atom stereocenters. The molecule has 0 aliphatic heterocycles. The van der Waals surface area contributed by atoms with E-state index in [9.17, 15) is 4.79 Å². The minimum Gasteiger partial charge on any atom is -0.399 e. The van der Waals surface area contributed by atoms with Crippen LogP contribution in [0, 0.1) is 6.92 Å². The van der Waals surface area contributed by atoms with Crippen molar-refractivity contribution < 1.29 is 4.79 Å². The molecule has 0 aliphatic carbocycles. The summed E-state index contributed by atoms with van der Waals surface area (Å²) in [5.41, 5.74) is 9.79. The maximum absolute atomic E-state index is 12.4. The second kappa shape index (κ2) is 6.93. The number of anilines is 1. The number of hydrogen-bond acceptors (Lipinski definition) is 2. The zero-order valence-corrected chi connectivity index (χ0v) is 12.7.